The minimum absolute atomic E-state index is 0.00230. The topological polar surface area (TPSA) is 94.8 Å². The number of carbonyl (C=O) groups is 2. The molecular weight excluding hydrogens is 212 g/mol. The van der Waals surface area contributed by atoms with E-state index in [1.54, 1.807) is 6.07 Å². The Morgan fingerprint density at radius 2 is 2.50 bits per heavy atom. The molecule has 0 aromatic rings. The molecule has 1 fully saturated rings. The van der Waals surface area contributed by atoms with Crippen molar-refractivity contribution in [2.24, 2.45) is 5.16 Å². The van der Waals surface area contributed by atoms with Gasteiger partial charge in [-0.1, -0.05) is 5.16 Å². The van der Waals surface area contributed by atoms with Crippen molar-refractivity contribution in [3.05, 3.63) is 0 Å². The molecule has 7 nitrogen and oxygen atoms in total. The molecule has 1 heterocycles. The van der Waals surface area contributed by atoms with Crippen molar-refractivity contribution in [3.8, 4) is 6.07 Å². The number of oxime groups is 1. The molecule has 0 radical (unpaired) electrons. The summed E-state index contributed by atoms with van der Waals surface area (Å²) in [6.45, 7) is 0.727. The van der Waals surface area contributed by atoms with Gasteiger partial charge in [0, 0.05) is 13.0 Å². The van der Waals surface area contributed by atoms with Crippen molar-refractivity contribution >= 4 is 17.5 Å². The van der Waals surface area contributed by atoms with Crippen LogP contribution in [0, 0.1) is 11.3 Å². The molecule has 7 heteroatoms. The first-order valence-electron chi connectivity index (χ1n) is 4.76. The van der Waals surface area contributed by atoms with Crippen LogP contribution in [0.2, 0.25) is 0 Å². The summed E-state index contributed by atoms with van der Waals surface area (Å²) in [6, 6.07) is 1.60. The molecule has 1 N–H and O–H groups in total. The largest absolute Gasteiger partial charge is 0.398 e. The molecule has 0 unspecified atom stereocenters. The number of amides is 2. The number of likely N-dealkylation sites (tertiary alicyclic amines) is 1. The van der Waals surface area contributed by atoms with Crippen molar-refractivity contribution in [3.63, 3.8) is 0 Å². The summed E-state index contributed by atoms with van der Waals surface area (Å²) >= 11 is 0. The third-order valence-corrected chi connectivity index (χ3v) is 2.11. The maximum atomic E-state index is 11.3. The van der Waals surface area contributed by atoms with Gasteiger partial charge >= 0.3 is 0 Å². The van der Waals surface area contributed by atoms with Gasteiger partial charge < -0.3 is 15.1 Å². The number of rotatable bonds is 4. The van der Waals surface area contributed by atoms with Crippen molar-refractivity contribution in [1.29, 1.82) is 5.26 Å². The average molecular weight is 224 g/mol. The Balaban J connectivity index is 2.43. The molecule has 0 aromatic carbocycles. The van der Waals surface area contributed by atoms with Crippen LogP contribution in [0.15, 0.2) is 5.16 Å². The maximum Gasteiger partial charge on any atom is 0.285 e. The first-order valence-corrected chi connectivity index (χ1v) is 4.76. The van der Waals surface area contributed by atoms with Gasteiger partial charge in [0.25, 0.3) is 5.91 Å². The van der Waals surface area contributed by atoms with E-state index in [-0.39, 0.29) is 18.3 Å². The molecular formula is C9H12N4O3. The van der Waals surface area contributed by atoms with Crippen LogP contribution in [0.25, 0.3) is 0 Å². The minimum Gasteiger partial charge on any atom is -0.398 e. The van der Waals surface area contributed by atoms with E-state index in [1.165, 1.54) is 12.0 Å². The Kier molecular flexibility index (Phi) is 4.27. The standard InChI is InChI=1S/C9H12N4O3/c1-16-12-7(5-10)9(15)11-6-13-4-2-3-8(13)14/h2-4,6H2,1H3,(H,11,15)/b12-7+. The van der Waals surface area contributed by atoms with Crippen LogP contribution in [0.4, 0.5) is 0 Å². The van der Waals surface area contributed by atoms with Crippen LogP contribution in [0.1, 0.15) is 12.8 Å². The lowest BCUT2D eigenvalue weighted by Gasteiger charge is -2.15. The molecule has 1 saturated heterocycles. The average Bonchev–Trinajstić information content (AvgIpc) is 2.68. The Labute approximate surface area is 92.6 Å². The van der Waals surface area contributed by atoms with Gasteiger partial charge in [0.1, 0.15) is 13.2 Å². The van der Waals surface area contributed by atoms with E-state index >= 15 is 0 Å². The van der Waals surface area contributed by atoms with Crippen molar-refractivity contribution < 1.29 is 14.4 Å². The molecule has 0 bridgehead atoms. The van der Waals surface area contributed by atoms with Gasteiger partial charge in [0.05, 0.1) is 6.67 Å². The molecule has 0 atom stereocenters. The fraction of sp³-hybridized carbons (Fsp3) is 0.556. The van der Waals surface area contributed by atoms with E-state index in [9.17, 15) is 9.59 Å². The highest BCUT2D eigenvalue weighted by molar-refractivity contribution is 6.45. The zero-order valence-electron chi connectivity index (χ0n) is 8.89. The van der Waals surface area contributed by atoms with E-state index in [0.717, 1.165) is 6.42 Å². The summed E-state index contributed by atoms with van der Waals surface area (Å²) in [6.07, 6.45) is 1.30. The first kappa shape index (κ1) is 12.0. The summed E-state index contributed by atoms with van der Waals surface area (Å²) in [5.41, 5.74) is -0.367. The maximum absolute atomic E-state index is 11.3. The zero-order valence-corrected chi connectivity index (χ0v) is 8.89. The van der Waals surface area contributed by atoms with E-state index in [2.05, 4.69) is 15.3 Å². The number of nitrogens with zero attached hydrogens (tertiary/aromatic N) is 3. The van der Waals surface area contributed by atoms with Crippen LogP contribution >= 0.6 is 0 Å². The fourth-order valence-corrected chi connectivity index (χ4v) is 1.33. The second-order valence-electron chi connectivity index (χ2n) is 3.16. The third-order valence-electron chi connectivity index (χ3n) is 2.11. The Morgan fingerprint density at radius 3 is 3.00 bits per heavy atom. The number of nitrogens with one attached hydrogen (secondary N) is 1. The second kappa shape index (κ2) is 5.70. The fourth-order valence-electron chi connectivity index (χ4n) is 1.33. The lowest BCUT2D eigenvalue weighted by atomic mass is 10.4. The number of hydrogen-bond donors (Lipinski definition) is 1. The van der Waals surface area contributed by atoms with Gasteiger partial charge in [0.2, 0.25) is 11.6 Å². The molecule has 16 heavy (non-hydrogen) atoms. The van der Waals surface area contributed by atoms with E-state index in [1.807, 2.05) is 0 Å². The molecule has 0 spiro atoms. The van der Waals surface area contributed by atoms with Gasteiger partial charge in [-0.2, -0.15) is 5.26 Å². The molecule has 1 aliphatic rings. The van der Waals surface area contributed by atoms with Gasteiger partial charge in [-0.15, -0.1) is 0 Å². The SMILES string of the molecule is CO/N=C(\C#N)C(=O)NCN1CCCC1=O. The molecule has 0 aromatic heterocycles. The Hall–Kier alpha value is -2.10. The van der Waals surface area contributed by atoms with Gasteiger partial charge in [0.15, 0.2) is 0 Å². The molecule has 2 amide bonds. The van der Waals surface area contributed by atoms with Crippen molar-refractivity contribution in [1.82, 2.24) is 10.2 Å². The summed E-state index contributed by atoms with van der Waals surface area (Å²) in [4.78, 5) is 28.4. The molecule has 1 aliphatic heterocycles. The van der Waals surface area contributed by atoms with Crippen molar-refractivity contribution in [2.45, 2.75) is 12.8 Å². The first-order chi connectivity index (χ1) is 7.69. The summed E-state index contributed by atoms with van der Waals surface area (Å²) in [5, 5.41) is 14.2. The van der Waals surface area contributed by atoms with Gasteiger partial charge in [-0.05, 0) is 6.42 Å². The predicted octanol–water partition coefficient (Wildman–Crippen LogP) is -0.792. The zero-order chi connectivity index (χ0) is 12.0. The smallest absolute Gasteiger partial charge is 0.285 e. The van der Waals surface area contributed by atoms with Crippen LogP contribution in [0.5, 0.6) is 0 Å². The number of nitriles is 1. The quantitative estimate of drug-likeness (QED) is 0.500. The van der Waals surface area contributed by atoms with Crippen LogP contribution in [-0.4, -0.2) is 42.7 Å². The Bertz CT molecular complexity index is 358. The van der Waals surface area contributed by atoms with Crippen LogP contribution in [-0.2, 0) is 14.4 Å². The van der Waals surface area contributed by atoms with Crippen LogP contribution in [0.3, 0.4) is 0 Å². The van der Waals surface area contributed by atoms with Crippen molar-refractivity contribution in [2.75, 3.05) is 20.3 Å². The summed E-state index contributed by atoms with van der Waals surface area (Å²) in [5.74, 6) is -0.647. The highest BCUT2D eigenvalue weighted by atomic mass is 16.6. The molecule has 86 valence electrons. The third kappa shape index (κ3) is 2.95. The van der Waals surface area contributed by atoms with Gasteiger partial charge in [-0.3, -0.25) is 9.59 Å². The molecule has 0 saturated carbocycles. The predicted molar refractivity (Wildman–Crippen MR) is 54.0 cm³/mol. The second-order valence-corrected chi connectivity index (χ2v) is 3.16. The highest BCUT2D eigenvalue weighted by Crippen LogP contribution is 2.07. The minimum atomic E-state index is -0.649. The van der Waals surface area contributed by atoms with Gasteiger partial charge in [-0.25, -0.2) is 0 Å². The normalized spacial score (nSPS) is 15.9. The van der Waals surface area contributed by atoms with Crippen LogP contribution < -0.4 is 5.32 Å². The number of hydrogen-bond acceptors (Lipinski definition) is 5. The summed E-state index contributed by atoms with van der Waals surface area (Å²) < 4.78 is 0. The lowest BCUT2D eigenvalue weighted by Crippen LogP contribution is -2.40. The van der Waals surface area contributed by atoms with E-state index in [4.69, 9.17) is 5.26 Å². The van der Waals surface area contributed by atoms with E-state index in [0.29, 0.717) is 13.0 Å². The number of carbonyl (C=O) groups excluding carboxylic acids is 2. The monoisotopic (exact) mass is 224 g/mol. The summed E-state index contributed by atoms with van der Waals surface area (Å²) in [7, 11) is 1.24. The highest BCUT2D eigenvalue weighted by Gasteiger charge is 2.21. The Morgan fingerprint density at radius 1 is 1.75 bits per heavy atom. The van der Waals surface area contributed by atoms with E-state index < -0.39 is 5.91 Å². The molecule has 1 rings (SSSR count). The molecule has 0 aliphatic carbocycles. The lowest BCUT2D eigenvalue weighted by molar-refractivity contribution is -0.128.